The van der Waals surface area contributed by atoms with Gasteiger partial charge in [-0.25, -0.2) is 0 Å². The molecule has 0 bridgehead atoms. The van der Waals surface area contributed by atoms with E-state index in [1.807, 2.05) is 19.2 Å². The zero-order chi connectivity index (χ0) is 12.1. The second-order valence-electron chi connectivity index (χ2n) is 4.33. The van der Waals surface area contributed by atoms with Crippen molar-refractivity contribution in [3.05, 3.63) is 28.2 Å². The number of ether oxygens (including phenoxy) is 2. The predicted octanol–water partition coefficient (Wildman–Crippen LogP) is 2.93. The number of benzene rings is 1. The molecule has 1 saturated carbocycles. The Balaban J connectivity index is 1.87. The van der Waals surface area contributed by atoms with E-state index in [9.17, 15) is 0 Å². The third kappa shape index (κ3) is 3.98. The van der Waals surface area contributed by atoms with E-state index in [1.165, 1.54) is 12.8 Å². The second-order valence-corrected chi connectivity index (χ2v) is 5.19. The van der Waals surface area contributed by atoms with Crippen molar-refractivity contribution in [3.8, 4) is 5.75 Å². The number of halogens is 1. The topological polar surface area (TPSA) is 30.5 Å². The maximum atomic E-state index is 5.69. The van der Waals surface area contributed by atoms with Gasteiger partial charge in [-0.3, -0.25) is 0 Å². The van der Waals surface area contributed by atoms with Gasteiger partial charge in [-0.2, -0.15) is 0 Å². The van der Waals surface area contributed by atoms with Crippen LogP contribution < -0.4 is 10.1 Å². The molecular weight excluding hydrogens is 282 g/mol. The van der Waals surface area contributed by atoms with Crippen molar-refractivity contribution in [2.45, 2.75) is 19.4 Å². The quantitative estimate of drug-likeness (QED) is 0.620. The van der Waals surface area contributed by atoms with Crippen LogP contribution in [0.15, 0.2) is 22.7 Å². The lowest BCUT2D eigenvalue weighted by molar-refractivity contribution is 0.00901. The Labute approximate surface area is 111 Å². The summed E-state index contributed by atoms with van der Waals surface area (Å²) < 4.78 is 12.1. The lowest BCUT2D eigenvalue weighted by atomic mass is 10.2. The van der Waals surface area contributed by atoms with Crippen LogP contribution in [0.5, 0.6) is 5.75 Å². The van der Waals surface area contributed by atoms with Gasteiger partial charge in [-0.1, -0.05) is 12.1 Å². The van der Waals surface area contributed by atoms with Gasteiger partial charge in [-0.15, -0.1) is 0 Å². The zero-order valence-electron chi connectivity index (χ0n) is 10.0. The first-order valence-electron chi connectivity index (χ1n) is 5.94. The van der Waals surface area contributed by atoms with Crippen molar-refractivity contribution in [3.63, 3.8) is 0 Å². The van der Waals surface area contributed by atoms with Crippen LogP contribution in [0.3, 0.4) is 0 Å². The molecule has 1 N–H and O–H groups in total. The van der Waals surface area contributed by atoms with E-state index in [1.54, 1.807) is 0 Å². The van der Waals surface area contributed by atoms with Gasteiger partial charge in [0.2, 0.25) is 0 Å². The van der Waals surface area contributed by atoms with Crippen LogP contribution in [0, 0.1) is 5.92 Å². The molecule has 1 aromatic carbocycles. The third-order valence-electron chi connectivity index (χ3n) is 2.75. The molecule has 0 amide bonds. The lowest BCUT2D eigenvalue weighted by Gasteiger charge is -2.13. The van der Waals surface area contributed by atoms with Crippen molar-refractivity contribution in [1.82, 2.24) is 5.32 Å². The minimum Gasteiger partial charge on any atom is -0.466 e. The first-order valence-corrected chi connectivity index (χ1v) is 6.73. The summed E-state index contributed by atoms with van der Waals surface area (Å²) >= 11 is 3.50. The first kappa shape index (κ1) is 12.9. The normalized spacial score (nSPS) is 14.9. The summed E-state index contributed by atoms with van der Waals surface area (Å²) in [7, 11) is 1.92. The molecule has 0 unspecified atom stereocenters. The minimum absolute atomic E-state index is 0.329. The molecule has 0 atom stereocenters. The van der Waals surface area contributed by atoms with Gasteiger partial charge in [0.05, 0.1) is 11.1 Å². The SMILES string of the molecule is CNCc1cccc(Br)c1OCOCC1CC1. The van der Waals surface area contributed by atoms with E-state index in [2.05, 4.69) is 27.3 Å². The summed E-state index contributed by atoms with van der Waals surface area (Å²) in [5, 5.41) is 3.13. The summed E-state index contributed by atoms with van der Waals surface area (Å²) in [5.41, 5.74) is 1.14. The van der Waals surface area contributed by atoms with Crippen molar-refractivity contribution in [1.29, 1.82) is 0 Å². The van der Waals surface area contributed by atoms with Crippen molar-refractivity contribution < 1.29 is 9.47 Å². The lowest BCUT2D eigenvalue weighted by Crippen LogP contribution is -2.10. The molecule has 1 aliphatic rings. The second kappa shape index (κ2) is 6.38. The van der Waals surface area contributed by atoms with Gasteiger partial charge in [0.25, 0.3) is 0 Å². The average molecular weight is 300 g/mol. The van der Waals surface area contributed by atoms with Crippen LogP contribution in [-0.4, -0.2) is 20.4 Å². The van der Waals surface area contributed by atoms with Crippen molar-refractivity contribution in [2.75, 3.05) is 20.4 Å². The number of rotatable bonds is 7. The predicted molar refractivity (Wildman–Crippen MR) is 71.1 cm³/mol. The number of nitrogens with one attached hydrogen (secondary N) is 1. The smallest absolute Gasteiger partial charge is 0.189 e. The minimum atomic E-state index is 0.329. The number of hydrogen-bond acceptors (Lipinski definition) is 3. The molecule has 0 heterocycles. The highest BCUT2D eigenvalue weighted by Gasteiger charge is 2.21. The van der Waals surface area contributed by atoms with Crippen LogP contribution in [0.4, 0.5) is 0 Å². The fourth-order valence-electron chi connectivity index (χ4n) is 1.64. The van der Waals surface area contributed by atoms with Crippen LogP contribution in [0.1, 0.15) is 18.4 Å². The van der Waals surface area contributed by atoms with Crippen molar-refractivity contribution in [2.24, 2.45) is 5.92 Å². The van der Waals surface area contributed by atoms with E-state index in [4.69, 9.17) is 9.47 Å². The standard InChI is InChI=1S/C13H18BrNO2/c1-15-7-11-3-2-4-12(14)13(11)17-9-16-8-10-5-6-10/h2-4,10,15H,5-9H2,1H3. The van der Waals surface area contributed by atoms with Gasteiger partial charge in [0.15, 0.2) is 6.79 Å². The largest absolute Gasteiger partial charge is 0.466 e. The Morgan fingerprint density at radius 3 is 2.94 bits per heavy atom. The molecule has 0 aromatic heterocycles. The first-order chi connectivity index (χ1) is 8.31. The monoisotopic (exact) mass is 299 g/mol. The Hall–Kier alpha value is -0.580. The Bertz CT molecular complexity index is 366. The van der Waals surface area contributed by atoms with E-state index < -0.39 is 0 Å². The highest BCUT2D eigenvalue weighted by Crippen LogP contribution is 2.30. The van der Waals surface area contributed by atoms with E-state index >= 15 is 0 Å². The fourth-order valence-corrected chi connectivity index (χ4v) is 2.17. The highest BCUT2D eigenvalue weighted by molar-refractivity contribution is 9.10. The third-order valence-corrected chi connectivity index (χ3v) is 3.38. The van der Waals surface area contributed by atoms with Gasteiger partial charge < -0.3 is 14.8 Å². The molecule has 4 heteroatoms. The molecule has 94 valence electrons. The molecule has 0 spiro atoms. The highest BCUT2D eigenvalue weighted by atomic mass is 79.9. The van der Waals surface area contributed by atoms with E-state index in [0.29, 0.717) is 6.79 Å². The van der Waals surface area contributed by atoms with Gasteiger partial charge >= 0.3 is 0 Å². The average Bonchev–Trinajstić information content (AvgIpc) is 3.11. The molecule has 0 saturated heterocycles. The van der Waals surface area contributed by atoms with Crippen LogP contribution in [0.25, 0.3) is 0 Å². The van der Waals surface area contributed by atoms with Crippen molar-refractivity contribution >= 4 is 15.9 Å². The summed E-state index contributed by atoms with van der Waals surface area (Å²) in [6.07, 6.45) is 2.61. The van der Waals surface area contributed by atoms with E-state index in [-0.39, 0.29) is 0 Å². The molecule has 1 aromatic rings. The maximum absolute atomic E-state index is 5.69. The molecule has 17 heavy (non-hydrogen) atoms. The molecule has 1 fully saturated rings. The summed E-state index contributed by atoms with van der Waals surface area (Å²) in [4.78, 5) is 0. The Morgan fingerprint density at radius 1 is 1.41 bits per heavy atom. The van der Waals surface area contributed by atoms with Gasteiger partial charge in [-0.05, 0) is 47.8 Å². The Morgan fingerprint density at radius 2 is 2.24 bits per heavy atom. The van der Waals surface area contributed by atoms with Gasteiger partial charge in [0, 0.05) is 12.1 Å². The molecular formula is C13H18BrNO2. The van der Waals surface area contributed by atoms with Crippen LogP contribution >= 0.6 is 15.9 Å². The zero-order valence-corrected chi connectivity index (χ0v) is 11.6. The Kier molecular flexibility index (Phi) is 4.83. The fraction of sp³-hybridized carbons (Fsp3) is 0.538. The summed E-state index contributed by atoms with van der Waals surface area (Å²) in [5.74, 6) is 1.65. The molecule has 0 radical (unpaired) electrons. The number of hydrogen-bond donors (Lipinski definition) is 1. The van der Waals surface area contributed by atoms with Crippen LogP contribution in [-0.2, 0) is 11.3 Å². The molecule has 3 nitrogen and oxygen atoms in total. The summed E-state index contributed by atoms with van der Waals surface area (Å²) in [6.45, 7) is 1.94. The summed E-state index contributed by atoms with van der Waals surface area (Å²) in [6, 6.07) is 6.04. The maximum Gasteiger partial charge on any atom is 0.189 e. The van der Waals surface area contributed by atoms with E-state index in [0.717, 1.165) is 34.9 Å². The molecule has 0 aliphatic heterocycles. The van der Waals surface area contributed by atoms with Crippen LogP contribution in [0.2, 0.25) is 0 Å². The molecule has 2 rings (SSSR count). The number of para-hydroxylation sites is 1. The van der Waals surface area contributed by atoms with Gasteiger partial charge in [0.1, 0.15) is 5.75 Å². The molecule has 1 aliphatic carbocycles.